The summed E-state index contributed by atoms with van der Waals surface area (Å²) >= 11 is 7.13. The van der Waals surface area contributed by atoms with Gasteiger partial charge < -0.3 is 0 Å². The summed E-state index contributed by atoms with van der Waals surface area (Å²) in [5.41, 5.74) is 1.28. The molecule has 0 amide bonds. The second-order valence-corrected chi connectivity index (χ2v) is 5.31. The first-order valence-corrected chi connectivity index (χ1v) is 7.05. The minimum atomic E-state index is 0.260. The molecule has 0 aliphatic heterocycles. The van der Waals surface area contributed by atoms with E-state index in [1.807, 2.05) is 36.4 Å². The van der Waals surface area contributed by atoms with Gasteiger partial charge in [-0.15, -0.1) is 5.10 Å². The molecule has 0 bridgehead atoms. The molecule has 2 heterocycles. The van der Waals surface area contributed by atoms with E-state index in [1.54, 1.807) is 10.7 Å². The van der Waals surface area contributed by atoms with Crippen molar-refractivity contribution in [2.45, 2.75) is 10.2 Å². The van der Waals surface area contributed by atoms with E-state index in [1.165, 1.54) is 17.8 Å². The highest BCUT2D eigenvalue weighted by Crippen LogP contribution is 2.27. The third-order valence-electron chi connectivity index (χ3n) is 2.54. The number of pyridine rings is 1. The molecule has 21 heavy (non-hydrogen) atoms. The van der Waals surface area contributed by atoms with Crippen molar-refractivity contribution in [3.63, 3.8) is 0 Å². The van der Waals surface area contributed by atoms with Gasteiger partial charge in [-0.2, -0.15) is 9.94 Å². The first-order valence-electron chi connectivity index (χ1n) is 5.85. The molecular formula is C13H7ClN6S. The van der Waals surface area contributed by atoms with Crippen molar-refractivity contribution >= 4 is 23.4 Å². The highest BCUT2D eigenvalue weighted by atomic mass is 35.5. The molecule has 0 saturated heterocycles. The van der Waals surface area contributed by atoms with Gasteiger partial charge in [0, 0.05) is 0 Å². The number of nitriles is 1. The molecule has 0 aliphatic carbocycles. The Morgan fingerprint density at radius 3 is 2.76 bits per heavy atom. The molecule has 0 unspecified atom stereocenters. The van der Waals surface area contributed by atoms with Crippen molar-refractivity contribution < 1.29 is 0 Å². The summed E-state index contributed by atoms with van der Waals surface area (Å²) in [4.78, 5) is 4.16. The van der Waals surface area contributed by atoms with Crippen LogP contribution in [0.4, 0.5) is 0 Å². The molecule has 6 nitrogen and oxygen atoms in total. The molecule has 3 rings (SSSR count). The van der Waals surface area contributed by atoms with Crippen LogP contribution in [0.15, 0.2) is 52.6 Å². The van der Waals surface area contributed by atoms with Crippen LogP contribution in [0.25, 0.3) is 5.69 Å². The number of hydrogen-bond donors (Lipinski definition) is 0. The first-order chi connectivity index (χ1) is 10.3. The fourth-order valence-electron chi connectivity index (χ4n) is 1.66. The van der Waals surface area contributed by atoms with Gasteiger partial charge in [0.2, 0.25) is 5.16 Å². The van der Waals surface area contributed by atoms with Crippen LogP contribution in [-0.4, -0.2) is 25.2 Å². The summed E-state index contributed by atoms with van der Waals surface area (Å²) in [6.45, 7) is 0. The lowest BCUT2D eigenvalue weighted by molar-refractivity contribution is 0.756. The molecule has 0 aliphatic rings. The van der Waals surface area contributed by atoms with Crippen molar-refractivity contribution in [3.05, 3.63) is 53.2 Å². The van der Waals surface area contributed by atoms with Gasteiger partial charge in [-0.3, -0.25) is 0 Å². The number of nitrogens with zero attached hydrogens (tertiary/aromatic N) is 6. The second kappa shape index (κ2) is 5.91. The van der Waals surface area contributed by atoms with E-state index in [-0.39, 0.29) is 5.15 Å². The molecule has 0 N–H and O–H groups in total. The van der Waals surface area contributed by atoms with Crippen LogP contribution >= 0.6 is 23.4 Å². The van der Waals surface area contributed by atoms with E-state index in [0.29, 0.717) is 15.7 Å². The maximum Gasteiger partial charge on any atom is 0.220 e. The summed E-state index contributed by atoms with van der Waals surface area (Å²) in [5, 5.41) is 21.9. The standard InChI is InChI=1S/C13H7ClN6S/c14-11-6-9(8-15)7-12(16-11)21-13-17-18-19-20(13)10-4-2-1-3-5-10/h1-7H. The summed E-state index contributed by atoms with van der Waals surface area (Å²) in [5.74, 6) is 0. The Kier molecular flexibility index (Phi) is 3.81. The molecular weight excluding hydrogens is 308 g/mol. The Morgan fingerprint density at radius 1 is 1.19 bits per heavy atom. The number of benzene rings is 1. The van der Waals surface area contributed by atoms with Gasteiger partial charge in [-0.1, -0.05) is 29.8 Å². The zero-order valence-corrected chi connectivity index (χ0v) is 12.1. The molecule has 0 radical (unpaired) electrons. The van der Waals surface area contributed by atoms with E-state index in [9.17, 15) is 0 Å². The van der Waals surface area contributed by atoms with E-state index in [4.69, 9.17) is 16.9 Å². The molecule has 0 fully saturated rings. The summed E-state index contributed by atoms with van der Waals surface area (Å²) in [6, 6.07) is 14.7. The lowest BCUT2D eigenvalue weighted by Crippen LogP contribution is -1.98. The van der Waals surface area contributed by atoms with Gasteiger partial charge in [-0.25, -0.2) is 4.98 Å². The van der Waals surface area contributed by atoms with Gasteiger partial charge in [0.15, 0.2) is 0 Å². The number of hydrogen-bond acceptors (Lipinski definition) is 6. The lowest BCUT2D eigenvalue weighted by atomic mass is 10.3. The number of para-hydroxylation sites is 1. The Morgan fingerprint density at radius 2 is 2.00 bits per heavy atom. The minimum absolute atomic E-state index is 0.260. The van der Waals surface area contributed by atoms with Crippen LogP contribution in [0.2, 0.25) is 5.15 Å². The number of rotatable bonds is 3. The molecule has 102 valence electrons. The predicted molar refractivity (Wildman–Crippen MR) is 77.2 cm³/mol. The third kappa shape index (κ3) is 3.02. The fraction of sp³-hybridized carbons (Fsp3) is 0. The van der Waals surface area contributed by atoms with Crippen LogP contribution in [-0.2, 0) is 0 Å². The number of halogens is 1. The van der Waals surface area contributed by atoms with Crippen LogP contribution < -0.4 is 0 Å². The maximum atomic E-state index is 8.95. The van der Waals surface area contributed by atoms with Gasteiger partial charge in [0.05, 0.1) is 17.3 Å². The average molecular weight is 315 g/mol. The van der Waals surface area contributed by atoms with Crippen LogP contribution in [0.1, 0.15) is 5.56 Å². The molecule has 3 aromatic rings. The zero-order valence-electron chi connectivity index (χ0n) is 10.5. The van der Waals surface area contributed by atoms with E-state index in [0.717, 1.165) is 5.69 Å². The van der Waals surface area contributed by atoms with Gasteiger partial charge in [0.1, 0.15) is 10.2 Å². The molecule has 8 heteroatoms. The van der Waals surface area contributed by atoms with Crippen LogP contribution in [0.3, 0.4) is 0 Å². The van der Waals surface area contributed by atoms with Crippen molar-refractivity contribution in [3.8, 4) is 11.8 Å². The average Bonchev–Trinajstić information content (AvgIpc) is 2.95. The van der Waals surface area contributed by atoms with Gasteiger partial charge in [0.25, 0.3) is 0 Å². The second-order valence-electron chi connectivity index (χ2n) is 3.94. The normalized spacial score (nSPS) is 10.3. The summed E-state index contributed by atoms with van der Waals surface area (Å²) in [6.07, 6.45) is 0. The van der Waals surface area contributed by atoms with Crippen molar-refractivity contribution in [1.29, 1.82) is 5.26 Å². The fourth-order valence-corrected chi connectivity index (χ4v) is 2.74. The molecule has 1 aromatic carbocycles. The predicted octanol–water partition coefficient (Wildman–Crippen LogP) is 2.73. The van der Waals surface area contributed by atoms with Crippen molar-refractivity contribution in [1.82, 2.24) is 25.2 Å². The SMILES string of the molecule is N#Cc1cc(Cl)nc(Sc2nnnn2-c2ccccc2)c1. The Bertz CT molecular complexity index is 811. The Hall–Kier alpha value is -2.43. The molecule has 0 spiro atoms. The monoisotopic (exact) mass is 314 g/mol. The van der Waals surface area contributed by atoms with Crippen molar-refractivity contribution in [2.24, 2.45) is 0 Å². The minimum Gasteiger partial charge on any atom is -0.229 e. The molecule has 0 saturated carbocycles. The Balaban J connectivity index is 1.95. The molecule has 0 atom stereocenters. The highest BCUT2D eigenvalue weighted by Gasteiger charge is 2.12. The number of tetrazole rings is 1. The van der Waals surface area contributed by atoms with E-state index < -0.39 is 0 Å². The third-order valence-corrected chi connectivity index (χ3v) is 3.59. The maximum absolute atomic E-state index is 8.95. The molecule has 2 aromatic heterocycles. The first kappa shape index (κ1) is 13.5. The van der Waals surface area contributed by atoms with Crippen LogP contribution in [0.5, 0.6) is 0 Å². The number of aromatic nitrogens is 5. The van der Waals surface area contributed by atoms with Gasteiger partial charge >= 0.3 is 0 Å². The quantitative estimate of drug-likeness (QED) is 0.691. The Labute approximate surface area is 129 Å². The zero-order chi connectivity index (χ0) is 14.7. The largest absolute Gasteiger partial charge is 0.229 e. The van der Waals surface area contributed by atoms with Crippen molar-refractivity contribution in [2.75, 3.05) is 0 Å². The summed E-state index contributed by atoms with van der Waals surface area (Å²) in [7, 11) is 0. The smallest absolute Gasteiger partial charge is 0.220 e. The summed E-state index contributed by atoms with van der Waals surface area (Å²) < 4.78 is 1.60. The topological polar surface area (TPSA) is 80.3 Å². The lowest BCUT2D eigenvalue weighted by Gasteiger charge is -2.04. The highest BCUT2D eigenvalue weighted by molar-refractivity contribution is 7.99. The van der Waals surface area contributed by atoms with Gasteiger partial charge in [-0.05, 0) is 46.5 Å². The van der Waals surface area contributed by atoms with E-state index >= 15 is 0 Å². The van der Waals surface area contributed by atoms with Crippen LogP contribution in [0, 0.1) is 11.3 Å². The van der Waals surface area contributed by atoms with E-state index in [2.05, 4.69) is 20.5 Å².